The molecule has 2 atom stereocenters. The monoisotopic (exact) mass is 368 g/mol. The molecule has 6 heteroatoms. The van der Waals surface area contributed by atoms with Crippen molar-refractivity contribution in [1.82, 2.24) is 0 Å². The van der Waals surface area contributed by atoms with Crippen LogP contribution in [0.4, 0.5) is 0 Å². The fourth-order valence-corrected chi connectivity index (χ4v) is 3.73. The number of carbonyl (C=O) groups is 2. The Bertz CT molecular complexity index is 1060. The number of para-hydroxylation sites is 1. The van der Waals surface area contributed by atoms with Crippen LogP contribution >= 0.6 is 0 Å². The van der Waals surface area contributed by atoms with Crippen LogP contribution in [0.1, 0.15) is 39.4 Å². The van der Waals surface area contributed by atoms with Crippen molar-refractivity contribution >= 4 is 33.9 Å². The number of esters is 2. The maximum Gasteiger partial charge on any atom is 0.303 e. The molecule has 1 aliphatic heterocycles. The van der Waals surface area contributed by atoms with E-state index in [1.54, 1.807) is 19.9 Å². The van der Waals surface area contributed by atoms with E-state index in [9.17, 15) is 9.59 Å². The van der Waals surface area contributed by atoms with E-state index < -0.39 is 29.7 Å². The highest BCUT2D eigenvalue weighted by Gasteiger charge is 2.49. The lowest BCUT2D eigenvalue weighted by atomic mass is 9.86. The summed E-state index contributed by atoms with van der Waals surface area (Å²) >= 11 is 0. The first-order chi connectivity index (χ1) is 12.8. The van der Waals surface area contributed by atoms with Gasteiger partial charge in [0.05, 0.1) is 5.56 Å². The van der Waals surface area contributed by atoms with E-state index in [2.05, 4.69) is 0 Å². The number of carbonyl (C=O) groups excluding carboxylic acids is 2. The van der Waals surface area contributed by atoms with Gasteiger partial charge in [-0.15, -0.1) is 0 Å². The van der Waals surface area contributed by atoms with Gasteiger partial charge in [-0.25, -0.2) is 0 Å². The summed E-state index contributed by atoms with van der Waals surface area (Å²) in [6, 6.07) is 11.2. The Morgan fingerprint density at radius 2 is 1.67 bits per heavy atom. The summed E-state index contributed by atoms with van der Waals surface area (Å²) in [5.74, 6) is -0.360. The van der Waals surface area contributed by atoms with Gasteiger partial charge in [-0.1, -0.05) is 18.2 Å². The fraction of sp³-hybridized carbons (Fsp3) is 0.333. The molecule has 1 aliphatic rings. The molecule has 27 heavy (non-hydrogen) atoms. The van der Waals surface area contributed by atoms with E-state index in [0.717, 1.165) is 16.4 Å². The van der Waals surface area contributed by atoms with Gasteiger partial charge in [-0.2, -0.15) is 0 Å². The third-order valence-corrected chi connectivity index (χ3v) is 4.75. The van der Waals surface area contributed by atoms with Crippen molar-refractivity contribution < 1.29 is 28.2 Å². The average molecular weight is 368 g/mol. The molecule has 0 bridgehead atoms. The van der Waals surface area contributed by atoms with Gasteiger partial charge in [0.25, 0.3) is 0 Å². The molecular formula is C21H20O6. The second-order valence-corrected chi connectivity index (χ2v) is 7.21. The Labute approximate surface area is 156 Å². The van der Waals surface area contributed by atoms with E-state index in [4.69, 9.17) is 18.6 Å². The van der Waals surface area contributed by atoms with Crippen LogP contribution < -0.4 is 4.74 Å². The second-order valence-electron chi connectivity index (χ2n) is 7.21. The van der Waals surface area contributed by atoms with Gasteiger partial charge in [-0.05, 0) is 32.0 Å². The first kappa shape index (κ1) is 17.4. The number of rotatable bonds is 2. The molecule has 2 aromatic carbocycles. The topological polar surface area (TPSA) is 75.0 Å². The number of benzene rings is 2. The van der Waals surface area contributed by atoms with Crippen LogP contribution in [0.5, 0.6) is 5.75 Å². The molecule has 3 aromatic rings. The molecular weight excluding hydrogens is 348 g/mol. The molecule has 0 N–H and O–H groups in total. The lowest BCUT2D eigenvalue weighted by Crippen LogP contribution is -2.51. The summed E-state index contributed by atoms with van der Waals surface area (Å²) in [6.45, 7) is 6.26. The molecule has 2 heterocycles. The smallest absolute Gasteiger partial charge is 0.303 e. The minimum Gasteiger partial charge on any atom is -0.483 e. The summed E-state index contributed by atoms with van der Waals surface area (Å²) in [5.41, 5.74) is 1.14. The highest BCUT2D eigenvalue weighted by molar-refractivity contribution is 6.08. The Morgan fingerprint density at radius 1 is 0.963 bits per heavy atom. The van der Waals surface area contributed by atoms with Crippen molar-refractivity contribution in [1.29, 1.82) is 0 Å². The van der Waals surface area contributed by atoms with Crippen molar-refractivity contribution in [2.24, 2.45) is 0 Å². The highest BCUT2D eigenvalue weighted by atomic mass is 16.6. The summed E-state index contributed by atoms with van der Waals surface area (Å²) in [6.07, 6.45) is -1.61. The van der Waals surface area contributed by atoms with Gasteiger partial charge in [0.2, 0.25) is 0 Å². The molecule has 4 rings (SSSR count). The predicted octanol–water partition coefficient (Wildman–Crippen LogP) is 4.29. The third kappa shape index (κ3) is 2.81. The average Bonchev–Trinajstić information content (AvgIpc) is 2.95. The molecule has 0 radical (unpaired) electrons. The number of fused-ring (bicyclic) bond motifs is 5. The van der Waals surface area contributed by atoms with Gasteiger partial charge in [0.15, 0.2) is 12.2 Å². The first-order valence-corrected chi connectivity index (χ1v) is 8.75. The van der Waals surface area contributed by atoms with Crippen LogP contribution in [0.15, 0.2) is 40.8 Å². The van der Waals surface area contributed by atoms with E-state index in [1.165, 1.54) is 13.8 Å². The first-order valence-electron chi connectivity index (χ1n) is 8.75. The van der Waals surface area contributed by atoms with E-state index in [1.807, 2.05) is 30.3 Å². The van der Waals surface area contributed by atoms with Gasteiger partial charge in [-0.3, -0.25) is 9.59 Å². The van der Waals surface area contributed by atoms with E-state index in [0.29, 0.717) is 16.9 Å². The minimum atomic E-state index is -0.883. The largest absolute Gasteiger partial charge is 0.483 e. The number of hydrogen-bond donors (Lipinski definition) is 0. The molecule has 0 amide bonds. The third-order valence-electron chi connectivity index (χ3n) is 4.75. The molecule has 1 aromatic heterocycles. The molecule has 0 fully saturated rings. The number of hydrogen-bond acceptors (Lipinski definition) is 6. The van der Waals surface area contributed by atoms with Gasteiger partial charge in [0, 0.05) is 24.6 Å². The molecule has 0 unspecified atom stereocenters. The lowest BCUT2D eigenvalue weighted by molar-refractivity contribution is -0.187. The quantitative estimate of drug-likeness (QED) is 0.628. The van der Waals surface area contributed by atoms with Crippen LogP contribution in [0.3, 0.4) is 0 Å². The Balaban J connectivity index is 2.03. The van der Waals surface area contributed by atoms with Crippen LogP contribution in [-0.4, -0.2) is 23.6 Å². The second kappa shape index (κ2) is 6.01. The fourth-order valence-electron chi connectivity index (χ4n) is 3.73. The summed E-state index contributed by atoms with van der Waals surface area (Å²) < 4.78 is 23.3. The van der Waals surface area contributed by atoms with Gasteiger partial charge in [0.1, 0.15) is 22.5 Å². The molecule has 0 spiro atoms. The van der Waals surface area contributed by atoms with E-state index >= 15 is 0 Å². The zero-order chi connectivity index (χ0) is 19.3. The van der Waals surface area contributed by atoms with Crippen LogP contribution in [-0.2, 0) is 19.1 Å². The number of ether oxygens (including phenoxy) is 3. The maximum absolute atomic E-state index is 11.9. The molecule has 140 valence electrons. The van der Waals surface area contributed by atoms with Crippen molar-refractivity contribution in [3.05, 3.63) is 42.0 Å². The van der Waals surface area contributed by atoms with Crippen molar-refractivity contribution in [2.75, 3.05) is 0 Å². The molecule has 0 aliphatic carbocycles. The van der Waals surface area contributed by atoms with Crippen LogP contribution in [0.2, 0.25) is 0 Å². The minimum absolute atomic E-state index is 0.467. The summed E-state index contributed by atoms with van der Waals surface area (Å²) in [7, 11) is 0. The standard InChI is InChI=1S/C21H20O6/c1-11(22)24-19-18-16(27-21(3,4)20(19)25-12(2)23)10-9-15-17(18)13-7-5-6-8-14(13)26-15/h5-10,19-20H,1-4H3/t19-,20+/m0/s1. The predicted molar refractivity (Wildman–Crippen MR) is 98.5 cm³/mol. The highest BCUT2D eigenvalue weighted by Crippen LogP contribution is 2.48. The Morgan fingerprint density at radius 3 is 2.37 bits per heavy atom. The summed E-state index contributed by atoms with van der Waals surface area (Å²) in [4.78, 5) is 23.6. The molecule has 6 nitrogen and oxygen atoms in total. The van der Waals surface area contributed by atoms with Gasteiger partial charge >= 0.3 is 11.9 Å². The van der Waals surface area contributed by atoms with E-state index in [-0.39, 0.29) is 0 Å². The number of furan rings is 1. The lowest BCUT2D eigenvalue weighted by Gasteiger charge is -2.43. The zero-order valence-corrected chi connectivity index (χ0v) is 15.6. The zero-order valence-electron chi connectivity index (χ0n) is 15.6. The van der Waals surface area contributed by atoms with Gasteiger partial charge < -0.3 is 18.6 Å². The summed E-state index contributed by atoms with van der Waals surface area (Å²) in [5, 5.41) is 1.67. The maximum atomic E-state index is 11.9. The van der Waals surface area contributed by atoms with Crippen molar-refractivity contribution in [3.63, 3.8) is 0 Å². The SMILES string of the molecule is CC(=O)O[C@@H]1[C@@H](OC(C)=O)c2c(ccc3oc4ccccc4c23)OC1(C)C. The Hall–Kier alpha value is -3.02. The molecule has 0 saturated heterocycles. The van der Waals surface area contributed by atoms with Crippen LogP contribution in [0.25, 0.3) is 21.9 Å². The molecule has 0 saturated carbocycles. The Kier molecular flexibility index (Phi) is 3.87. The normalized spacial score (nSPS) is 20.7. The van der Waals surface area contributed by atoms with Crippen LogP contribution in [0, 0.1) is 0 Å². The van der Waals surface area contributed by atoms with Crippen molar-refractivity contribution in [3.8, 4) is 5.75 Å². The van der Waals surface area contributed by atoms with Crippen molar-refractivity contribution in [2.45, 2.75) is 45.5 Å².